The summed E-state index contributed by atoms with van der Waals surface area (Å²) in [5, 5.41) is -1.10. The van der Waals surface area contributed by atoms with E-state index >= 15 is 0 Å². The van der Waals surface area contributed by atoms with Gasteiger partial charge in [0.2, 0.25) is 15.6 Å². The third-order valence-corrected chi connectivity index (χ3v) is 4.66. The molecule has 2 unspecified atom stereocenters. The summed E-state index contributed by atoms with van der Waals surface area (Å²) in [5.74, 6) is -1.09. The molecular formula is C13H20O6S4. The summed E-state index contributed by atoms with van der Waals surface area (Å²) in [5.41, 5.74) is 0. The summed E-state index contributed by atoms with van der Waals surface area (Å²) in [6.07, 6.45) is 0. The minimum absolute atomic E-state index is 0.267. The number of carbonyl (C=O) groups is 2. The molecule has 0 saturated carbocycles. The maximum atomic E-state index is 11.7. The quantitative estimate of drug-likeness (QED) is 0.345. The minimum atomic E-state index is -0.551. The van der Waals surface area contributed by atoms with Gasteiger partial charge in [0.1, 0.15) is 10.5 Å². The average Bonchev–Trinajstić information content (AvgIpc) is 2.47. The fourth-order valence-corrected chi connectivity index (χ4v) is 3.45. The first-order chi connectivity index (χ1) is 10.8. The van der Waals surface area contributed by atoms with Gasteiger partial charge in [-0.2, -0.15) is 0 Å². The Morgan fingerprint density at radius 1 is 0.826 bits per heavy atom. The largest absolute Gasteiger partial charge is 0.479 e. The van der Waals surface area contributed by atoms with Gasteiger partial charge in [-0.25, -0.2) is 0 Å². The molecule has 10 heteroatoms. The molecule has 0 aliphatic rings. The Bertz CT molecular complexity index is 391. The Labute approximate surface area is 155 Å². The molecule has 0 aromatic rings. The van der Waals surface area contributed by atoms with Gasteiger partial charge in [0, 0.05) is 0 Å². The van der Waals surface area contributed by atoms with E-state index in [0.717, 1.165) is 23.5 Å². The normalized spacial score (nSPS) is 12.7. The fourth-order valence-electron chi connectivity index (χ4n) is 1.07. The lowest BCUT2D eigenvalue weighted by Gasteiger charge is -2.14. The molecule has 0 heterocycles. The Hall–Kier alpha value is -0.580. The number of ether oxygens (including phenoxy) is 4. The zero-order valence-electron chi connectivity index (χ0n) is 13.4. The van der Waals surface area contributed by atoms with Gasteiger partial charge >= 0.3 is 11.9 Å². The van der Waals surface area contributed by atoms with Crippen molar-refractivity contribution in [2.24, 2.45) is 0 Å². The number of hydrogen-bond donors (Lipinski definition) is 0. The Morgan fingerprint density at radius 3 is 1.48 bits per heavy atom. The number of hydrogen-bond acceptors (Lipinski definition) is 10. The van der Waals surface area contributed by atoms with E-state index in [1.807, 2.05) is 0 Å². The average molecular weight is 401 g/mol. The summed E-state index contributed by atoms with van der Waals surface area (Å²) in [6.45, 7) is 7.25. The second-order valence-corrected chi connectivity index (χ2v) is 7.82. The smallest absolute Gasteiger partial charge is 0.322 e. The zero-order chi connectivity index (χ0) is 17.8. The van der Waals surface area contributed by atoms with Crippen LogP contribution >= 0.6 is 48.0 Å². The van der Waals surface area contributed by atoms with Crippen LogP contribution in [0.4, 0.5) is 0 Å². The van der Waals surface area contributed by atoms with Gasteiger partial charge in [-0.15, -0.1) is 0 Å². The summed E-state index contributed by atoms with van der Waals surface area (Å²) >= 11 is 12.0. The molecule has 0 N–H and O–H groups in total. The SMILES string of the molecule is CCOC(=S)SC(C)C(=O)OCOC(=O)C(C)SC(=S)OCC. The molecule has 0 saturated heterocycles. The molecular weight excluding hydrogens is 380 g/mol. The molecule has 0 aliphatic carbocycles. The van der Waals surface area contributed by atoms with Crippen molar-refractivity contribution in [2.75, 3.05) is 20.0 Å². The summed E-state index contributed by atoms with van der Waals surface area (Å²) in [4.78, 5) is 23.4. The molecule has 132 valence electrons. The van der Waals surface area contributed by atoms with Crippen molar-refractivity contribution >= 4 is 68.7 Å². The standard InChI is InChI=1S/C13H20O6S4/c1-5-16-12(20)22-8(3)10(14)18-7-19-11(15)9(4)23-13(21)17-6-2/h8-9H,5-7H2,1-4H3. The fraction of sp³-hybridized carbons (Fsp3) is 0.692. The molecule has 23 heavy (non-hydrogen) atoms. The third-order valence-electron chi connectivity index (χ3n) is 2.14. The van der Waals surface area contributed by atoms with Crippen LogP contribution < -0.4 is 0 Å². The van der Waals surface area contributed by atoms with Crippen LogP contribution in [0.25, 0.3) is 0 Å². The molecule has 0 amide bonds. The van der Waals surface area contributed by atoms with Crippen molar-refractivity contribution in [3.8, 4) is 0 Å². The lowest BCUT2D eigenvalue weighted by molar-refractivity contribution is -0.165. The van der Waals surface area contributed by atoms with E-state index < -0.39 is 29.2 Å². The van der Waals surface area contributed by atoms with Gasteiger partial charge in [-0.05, 0) is 52.1 Å². The highest BCUT2D eigenvalue weighted by molar-refractivity contribution is 8.23. The zero-order valence-corrected chi connectivity index (χ0v) is 16.6. The van der Waals surface area contributed by atoms with E-state index in [4.69, 9.17) is 43.4 Å². The molecule has 0 aromatic heterocycles. The van der Waals surface area contributed by atoms with Crippen LogP contribution in [0, 0.1) is 0 Å². The monoisotopic (exact) mass is 400 g/mol. The second-order valence-electron chi connectivity index (χ2n) is 3.93. The van der Waals surface area contributed by atoms with Crippen molar-refractivity contribution in [2.45, 2.75) is 38.2 Å². The lowest BCUT2D eigenvalue weighted by atomic mass is 10.5. The molecule has 2 atom stereocenters. The maximum absolute atomic E-state index is 11.7. The molecule has 0 fully saturated rings. The van der Waals surface area contributed by atoms with E-state index in [0.29, 0.717) is 13.2 Å². The summed E-state index contributed by atoms with van der Waals surface area (Å²) in [7, 11) is 0. The van der Waals surface area contributed by atoms with Crippen molar-refractivity contribution in [3.63, 3.8) is 0 Å². The van der Waals surface area contributed by atoms with Crippen molar-refractivity contribution in [1.82, 2.24) is 0 Å². The molecule has 6 nitrogen and oxygen atoms in total. The molecule has 0 spiro atoms. The first-order valence-corrected chi connectivity index (χ1v) is 9.39. The van der Waals surface area contributed by atoms with Crippen LogP contribution in [0.1, 0.15) is 27.7 Å². The second kappa shape index (κ2) is 12.8. The Balaban J connectivity index is 4.04. The van der Waals surface area contributed by atoms with E-state index in [-0.39, 0.29) is 8.77 Å². The van der Waals surface area contributed by atoms with E-state index in [2.05, 4.69) is 0 Å². The van der Waals surface area contributed by atoms with Gasteiger partial charge in [-0.3, -0.25) is 9.59 Å². The first-order valence-electron chi connectivity index (χ1n) is 6.81. The molecule has 0 aliphatic heterocycles. The topological polar surface area (TPSA) is 71.1 Å². The number of rotatable bonds is 8. The van der Waals surface area contributed by atoms with Gasteiger partial charge in [0.25, 0.3) is 0 Å². The Kier molecular flexibility index (Phi) is 12.5. The lowest BCUT2D eigenvalue weighted by Crippen LogP contribution is -2.24. The van der Waals surface area contributed by atoms with Crippen LogP contribution in [0.5, 0.6) is 0 Å². The van der Waals surface area contributed by atoms with Crippen molar-refractivity contribution in [1.29, 1.82) is 0 Å². The van der Waals surface area contributed by atoms with Crippen LogP contribution in [-0.2, 0) is 28.5 Å². The summed E-state index contributed by atoms with van der Waals surface area (Å²) < 4.78 is 20.4. The van der Waals surface area contributed by atoms with Crippen LogP contribution in [0.3, 0.4) is 0 Å². The first kappa shape index (κ1) is 22.4. The highest BCUT2D eigenvalue weighted by Gasteiger charge is 2.21. The number of thiocarbonyl (C=S) groups is 2. The van der Waals surface area contributed by atoms with Crippen molar-refractivity contribution < 1.29 is 28.5 Å². The molecule has 0 aromatic carbocycles. The molecule has 0 rings (SSSR count). The number of thioether (sulfide) groups is 2. The molecule has 0 bridgehead atoms. The van der Waals surface area contributed by atoms with Crippen LogP contribution in [0.15, 0.2) is 0 Å². The maximum Gasteiger partial charge on any atom is 0.322 e. The van der Waals surface area contributed by atoms with E-state index in [1.165, 1.54) is 0 Å². The van der Waals surface area contributed by atoms with Gasteiger partial charge in [-0.1, -0.05) is 23.5 Å². The summed E-state index contributed by atoms with van der Waals surface area (Å²) in [6, 6.07) is 0. The highest BCUT2D eigenvalue weighted by atomic mass is 32.2. The predicted molar refractivity (Wildman–Crippen MR) is 99.6 cm³/mol. The van der Waals surface area contributed by atoms with Crippen LogP contribution in [-0.4, -0.2) is 51.2 Å². The van der Waals surface area contributed by atoms with Gasteiger partial charge < -0.3 is 18.9 Å². The van der Waals surface area contributed by atoms with Crippen LogP contribution in [0.2, 0.25) is 0 Å². The third kappa shape index (κ3) is 10.7. The van der Waals surface area contributed by atoms with E-state index in [9.17, 15) is 9.59 Å². The Morgan fingerprint density at radius 2 is 1.17 bits per heavy atom. The molecule has 0 radical (unpaired) electrons. The highest BCUT2D eigenvalue weighted by Crippen LogP contribution is 2.17. The number of esters is 2. The van der Waals surface area contributed by atoms with E-state index in [1.54, 1.807) is 27.7 Å². The predicted octanol–water partition coefficient (Wildman–Crippen LogP) is 2.92. The number of carbonyl (C=O) groups excluding carboxylic acids is 2. The minimum Gasteiger partial charge on any atom is -0.479 e. The van der Waals surface area contributed by atoms with Gasteiger partial charge in [0.15, 0.2) is 0 Å². The van der Waals surface area contributed by atoms with Gasteiger partial charge in [0.05, 0.1) is 13.2 Å². The van der Waals surface area contributed by atoms with Crippen molar-refractivity contribution in [3.05, 3.63) is 0 Å².